The number of hydrogen-bond donors (Lipinski definition) is 3. The van der Waals surface area contributed by atoms with Crippen LogP contribution in [0.1, 0.15) is 11.1 Å². The Hall–Kier alpha value is -4.37. The SMILES string of the molecule is [N-]=Cc1cc(NC(=O)C(=O)NCc2ccc3c(c2)OCO3)cc(-c2cc3ccccc3s2)c1N. The van der Waals surface area contributed by atoms with Crippen LogP contribution in [0.15, 0.2) is 60.7 Å². The van der Waals surface area contributed by atoms with Gasteiger partial charge in [-0.1, -0.05) is 24.3 Å². The Balaban J connectivity index is 1.33. The number of benzene rings is 3. The number of carbonyl (C=O) groups is 2. The number of fused-ring (bicyclic) bond motifs is 2. The van der Waals surface area contributed by atoms with Gasteiger partial charge in [-0.3, -0.25) is 9.59 Å². The van der Waals surface area contributed by atoms with Crippen LogP contribution in [0.5, 0.6) is 11.5 Å². The molecular formula is C25H19N4O4S-. The molecule has 170 valence electrons. The summed E-state index contributed by atoms with van der Waals surface area (Å²) in [5, 5.41) is 15.9. The molecule has 5 rings (SSSR count). The second-order valence-corrected chi connectivity index (χ2v) is 8.71. The summed E-state index contributed by atoms with van der Waals surface area (Å²) in [6.45, 7) is 0.305. The van der Waals surface area contributed by atoms with Crippen LogP contribution in [0.3, 0.4) is 0 Å². The molecule has 0 spiro atoms. The lowest BCUT2D eigenvalue weighted by Gasteiger charge is -2.13. The molecule has 0 fully saturated rings. The van der Waals surface area contributed by atoms with Gasteiger partial charge < -0.3 is 31.3 Å². The summed E-state index contributed by atoms with van der Waals surface area (Å²) in [6.07, 6.45) is 0.877. The molecule has 1 aliphatic heterocycles. The summed E-state index contributed by atoms with van der Waals surface area (Å²) in [6, 6.07) is 18.4. The third-order valence-electron chi connectivity index (χ3n) is 5.40. The minimum Gasteiger partial charge on any atom is -0.810 e. The minimum absolute atomic E-state index is 0.146. The van der Waals surface area contributed by atoms with Gasteiger partial charge in [0.15, 0.2) is 11.5 Å². The predicted octanol–water partition coefficient (Wildman–Crippen LogP) is 4.12. The van der Waals surface area contributed by atoms with Gasteiger partial charge in [-0.05, 0) is 52.9 Å². The fourth-order valence-electron chi connectivity index (χ4n) is 3.67. The zero-order valence-electron chi connectivity index (χ0n) is 17.8. The Morgan fingerprint density at radius 3 is 2.68 bits per heavy atom. The first-order chi connectivity index (χ1) is 16.5. The summed E-state index contributed by atoms with van der Waals surface area (Å²) in [5.41, 5.74) is 8.73. The van der Waals surface area contributed by atoms with Gasteiger partial charge in [0.05, 0.1) is 0 Å². The van der Waals surface area contributed by atoms with E-state index < -0.39 is 11.8 Å². The molecule has 3 aromatic carbocycles. The first-order valence-electron chi connectivity index (χ1n) is 10.4. The summed E-state index contributed by atoms with van der Waals surface area (Å²) in [4.78, 5) is 25.8. The van der Waals surface area contributed by atoms with E-state index in [1.54, 1.807) is 35.6 Å². The predicted molar refractivity (Wildman–Crippen MR) is 133 cm³/mol. The van der Waals surface area contributed by atoms with Crippen molar-refractivity contribution in [2.75, 3.05) is 17.8 Å². The Kier molecular flexibility index (Phi) is 5.60. The molecule has 1 aromatic heterocycles. The second kappa shape index (κ2) is 8.87. The zero-order valence-corrected chi connectivity index (χ0v) is 18.6. The Labute approximate surface area is 198 Å². The molecular weight excluding hydrogens is 452 g/mol. The molecule has 8 nitrogen and oxygen atoms in total. The minimum atomic E-state index is -0.836. The molecule has 0 saturated carbocycles. The fraction of sp³-hybridized carbons (Fsp3) is 0.0800. The molecule has 1 aliphatic rings. The lowest BCUT2D eigenvalue weighted by Crippen LogP contribution is -2.35. The van der Waals surface area contributed by atoms with E-state index in [9.17, 15) is 15.0 Å². The molecule has 9 heteroatoms. The smallest absolute Gasteiger partial charge is 0.313 e. The topological polar surface area (TPSA) is 125 Å². The number of anilines is 2. The van der Waals surface area contributed by atoms with Crippen molar-refractivity contribution in [1.82, 2.24) is 5.32 Å². The normalized spacial score (nSPS) is 11.9. The van der Waals surface area contributed by atoms with Crippen LogP contribution in [0.25, 0.3) is 25.9 Å². The van der Waals surface area contributed by atoms with Crippen LogP contribution in [-0.4, -0.2) is 24.8 Å². The highest BCUT2D eigenvalue weighted by molar-refractivity contribution is 7.22. The van der Waals surface area contributed by atoms with E-state index >= 15 is 0 Å². The number of amides is 2. The average molecular weight is 472 g/mol. The molecule has 0 atom stereocenters. The van der Waals surface area contributed by atoms with Gasteiger partial charge in [-0.2, -0.15) is 6.21 Å². The maximum atomic E-state index is 12.5. The largest absolute Gasteiger partial charge is 0.810 e. The van der Waals surface area contributed by atoms with E-state index in [0.29, 0.717) is 34.0 Å². The number of ether oxygens (including phenoxy) is 2. The van der Waals surface area contributed by atoms with Crippen LogP contribution in [0.4, 0.5) is 11.4 Å². The van der Waals surface area contributed by atoms with Gasteiger partial charge in [0.2, 0.25) is 6.79 Å². The van der Waals surface area contributed by atoms with Crippen LogP contribution >= 0.6 is 11.3 Å². The lowest BCUT2D eigenvalue weighted by atomic mass is 10.0. The van der Waals surface area contributed by atoms with Crippen molar-refractivity contribution in [2.24, 2.45) is 0 Å². The molecule has 0 saturated heterocycles. The van der Waals surface area contributed by atoms with Crippen molar-refractivity contribution in [3.05, 3.63) is 77.2 Å². The standard InChI is InChI=1S/C25H19N4O4S/c26-11-16-8-17(10-18(23(16)27)22-9-15-3-1-2-4-21(15)34-22)29-25(31)24(30)28-12-14-5-6-19-20(7-14)33-13-32-19/h1-11H,12-13,27H2,(H,28,30)(H,29,31)/q-1. The van der Waals surface area contributed by atoms with Gasteiger partial charge in [0, 0.05) is 33.1 Å². The molecule has 4 aromatic rings. The van der Waals surface area contributed by atoms with Crippen molar-refractivity contribution < 1.29 is 19.1 Å². The van der Waals surface area contributed by atoms with E-state index in [1.165, 1.54) is 6.07 Å². The molecule has 2 heterocycles. The summed E-state index contributed by atoms with van der Waals surface area (Å²) < 4.78 is 11.7. The number of carbonyl (C=O) groups excluding carboxylic acids is 2. The number of hydrogen-bond acceptors (Lipinski definition) is 6. The van der Waals surface area contributed by atoms with Crippen LogP contribution in [0, 0.1) is 0 Å². The summed E-state index contributed by atoms with van der Waals surface area (Å²) >= 11 is 1.55. The van der Waals surface area contributed by atoms with Crippen molar-refractivity contribution in [1.29, 1.82) is 0 Å². The number of rotatable bonds is 5. The molecule has 34 heavy (non-hydrogen) atoms. The van der Waals surface area contributed by atoms with E-state index in [-0.39, 0.29) is 13.3 Å². The molecule has 0 bridgehead atoms. The summed E-state index contributed by atoms with van der Waals surface area (Å²) in [5.74, 6) is -0.397. The van der Waals surface area contributed by atoms with E-state index in [4.69, 9.17) is 15.2 Å². The summed E-state index contributed by atoms with van der Waals surface area (Å²) in [7, 11) is 0. The van der Waals surface area contributed by atoms with Crippen molar-refractivity contribution >= 4 is 50.8 Å². The quantitative estimate of drug-likeness (QED) is 0.229. The van der Waals surface area contributed by atoms with E-state index in [0.717, 1.165) is 26.7 Å². The number of nitrogens with one attached hydrogen (secondary N) is 2. The first-order valence-corrected chi connectivity index (χ1v) is 11.2. The lowest BCUT2D eigenvalue weighted by molar-refractivity contribution is -0.136. The molecule has 2 amide bonds. The highest BCUT2D eigenvalue weighted by Crippen LogP contribution is 2.39. The van der Waals surface area contributed by atoms with Gasteiger partial charge in [-0.15, -0.1) is 11.3 Å². The Morgan fingerprint density at radius 1 is 1.03 bits per heavy atom. The highest BCUT2D eigenvalue weighted by atomic mass is 32.1. The Bertz CT molecular complexity index is 1410. The van der Waals surface area contributed by atoms with Gasteiger partial charge in [0.25, 0.3) is 0 Å². The van der Waals surface area contributed by atoms with Crippen LogP contribution < -0.4 is 25.8 Å². The third-order valence-corrected chi connectivity index (χ3v) is 6.55. The van der Waals surface area contributed by atoms with Crippen LogP contribution in [0.2, 0.25) is 0 Å². The maximum absolute atomic E-state index is 12.5. The zero-order chi connectivity index (χ0) is 23.7. The van der Waals surface area contributed by atoms with Crippen molar-refractivity contribution in [2.45, 2.75) is 6.54 Å². The highest BCUT2D eigenvalue weighted by Gasteiger charge is 2.18. The van der Waals surface area contributed by atoms with E-state index in [2.05, 4.69) is 10.6 Å². The van der Waals surface area contributed by atoms with Crippen molar-refractivity contribution in [3.8, 4) is 21.9 Å². The van der Waals surface area contributed by atoms with E-state index in [1.807, 2.05) is 30.3 Å². The first kappa shape index (κ1) is 21.5. The average Bonchev–Trinajstić information content (AvgIpc) is 3.49. The molecule has 0 aliphatic carbocycles. The Morgan fingerprint density at radius 2 is 1.85 bits per heavy atom. The second-order valence-electron chi connectivity index (χ2n) is 7.63. The maximum Gasteiger partial charge on any atom is 0.313 e. The fourth-order valence-corrected chi connectivity index (χ4v) is 4.77. The third kappa shape index (κ3) is 4.16. The molecule has 4 N–H and O–H groups in total. The monoisotopic (exact) mass is 471 g/mol. The van der Waals surface area contributed by atoms with Gasteiger partial charge in [0.1, 0.15) is 0 Å². The number of nitrogens with two attached hydrogens (primary N) is 1. The number of nitrogens with zero attached hydrogens (tertiary/aromatic N) is 1. The number of nitrogen functional groups attached to an aromatic ring is 1. The van der Waals surface area contributed by atoms with Gasteiger partial charge >= 0.3 is 11.8 Å². The van der Waals surface area contributed by atoms with Crippen molar-refractivity contribution in [3.63, 3.8) is 0 Å². The number of thiophene rings is 1. The molecule has 0 radical (unpaired) electrons. The van der Waals surface area contributed by atoms with Gasteiger partial charge in [-0.25, -0.2) is 0 Å². The van der Waals surface area contributed by atoms with Crippen LogP contribution in [-0.2, 0) is 16.1 Å². The molecule has 0 unspecified atom stereocenters.